The molecule has 2 aromatic carbocycles. The molecule has 0 aromatic heterocycles. The van der Waals surface area contributed by atoms with Crippen molar-refractivity contribution in [1.29, 1.82) is 0 Å². The number of aliphatic imine (C=N–C) groups is 1. The molecule has 0 radical (unpaired) electrons. The fourth-order valence-electron chi connectivity index (χ4n) is 2.59. The number of nitrogens with one attached hydrogen (secondary N) is 1. The molecule has 0 aliphatic carbocycles. The minimum Gasteiger partial charge on any atom is -0.370 e. The molecular formula is C19H23IN4O. The summed E-state index contributed by atoms with van der Waals surface area (Å²) < 4.78 is 0. The Morgan fingerprint density at radius 3 is 2.64 bits per heavy atom. The van der Waals surface area contributed by atoms with Crippen LogP contribution < -0.4 is 16.0 Å². The van der Waals surface area contributed by atoms with E-state index in [2.05, 4.69) is 30.2 Å². The van der Waals surface area contributed by atoms with Crippen molar-refractivity contribution in [2.75, 3.05) is 16.8 Å². The first-order chi connectivity index (χ1) is 11.5. The monoisotopic (exact) mass is 450 g/mol. The predicted octanol–water partition coefficient (Wildman–Crippen LogP) is 3.58. The smallest absolute Gasteiger partial charge is 0.228 e. The summed E-state index contributed by atoms with van der Waals surface area (Å²) in [6.07, 6.45) is 0.634. The summed E-state index contributed by atoms with van der Waals surface area (Å²) in [6, 6.07) is 14.0. The topological polar surface area (TPSA) is 70.7 Å². The largest absolute Gasteiger partial charge is 0.370 e. The number of carbonyl (C=O) groups excluding carboxylic acids is 1. The normalized spacial score (nSPS) is 13.9. The van der Waals surface area contributed by atoms with Crippen molar-refractivity contribution in [3.05, 3.63) is 59.2 Å². The molecule has 0 bridgehead atoms. The molecular weight excluding hydrogens is 427 g/mol. The third kappa shape index (κ3) is 4.72. The highest BCUT2D eigenvalue weighted by molar-refractivity contribution is 14.0. The molecule has 1 saturated heterocycles. The zero-order chi connectivity index (χ0) is 17.1. The molecule has 2 aromatic rings. The van der Waals surface area contributed by atoms with Crippen LogP contribution in [0, 0.1) is 13.8 Å². The van der Waals surface area contributed by atoms with Crippen LogP contribution in [0.4, 0.5) is 11.4 Å². The lowest BCUT2D eigenvalue weighted by Crippen LogP contribution is -2.43. The Hall–Kier alpha value is -2.09. The number of guanidine groups is 1. The van der Waals surface area contributed by atoms with Gasteiger partial charge in [-0.2, -0.15) is 0 Å². The summed E-state index contributed by atoms with van der Waals surface area (Å²) in [5.74, 6) is 0.551. The van der Waals surface area contributed by atoms with Gasteiger partial charge in [0.05, 0.1) is 6.54 Å². The van der Waals surface area contributed by atoms with Gasteiger partial charge in [-0.05, 0) is 54.8 Å². The number of anilines is 2. The highest BCUT2D eigenvalue weighted by atomic mass is 127. The van der Waals surface area contributed by atoms with Gasteiger partial charge in [0, 0.05) is 24.3 Å². The zero-order valence-electron chi connectivity index (χ0n) is 14.5. The van der Waals surface area contributed by atoms with Crippen molar-refractivity contribution < 1.29 is 4.79 Å². The van der Waals surface area contributed by atoms with E-state index in [-0.39, 0.29) is 29.9 Å². The molecule has 6 heteroatoms. The van der Waals surface area contributed by atoms with Crippen LogP contribution in [0.1, 0.15) is 23.1 Å². The van der Waals surface area contributed by atoms with Crippen LogP contribution in [0.2, 0.25) is 0 Å². The van der Waals surface area contributed by atoms with Crippen molar-refractivity contribution in [3.8, 4) is 0 Å². The van der Waals surface area contributed by atoms with Gasteiger partial charge in [0.1, 0.15) is 0 Å². The number of benzene rings is 2. The standard InChI is InChI=1S/C19H22N4O.HI/c1-13-6-7-16(10-14(13)2)22-19(20)21-12-15-4-3-5-17(11-15)23-9-8-18(23)24;/h3-7,10-11H,8-9,12H2,1-2H3,(H3,20,21,22);1H. The molecule has 0 atom stereocenters. The minimum atomic E-state index is 0. The van der Waals surface area contributed by atoms with Gasteiger partial charge in [-0.3, -0.25) is 4.79 Å². The maximum absolute atomic E-state index is 11.5. The summed E-state index contributed by atoms with van der Waals surface area (Å²) >= 11 is 0. The van der Waals surface area contributed by atoms with Crippen molar-refractivity contribution in [3.63, 3.8) is 0 Å². The van der Waals surface area contributed by atoms with Crippen molar-refractivity contribution >= 4 is 47.2 Å². The number of nitrogens with zero attached hydrogens (tertiary/aromatic N) is 2. The Bertz CT molecular complexity index is 804. The van der Waals surface area contributed by atoms with Gasteiger partial charge in [0.25, 0.3) is 0 Å². The minimum absolute atomic E-state index is 0. The number of hydrogen-bond donors (Lipinski definition) is 2. The van der Waals surface area contributed by atoms with E-state index in [9.17, 15) is 4.79 Å². The summed E-state index contributed by atoms with van der Waals surface area (Å²) in [5, 5.41) is 3.11. The Kier molecular flexibility index (Phi) is 6.41. The molecule has 3 rings (SSSR count). The summed E-state index contributed by atoms with van der Waals surface area (Å²) in [7, 11) is 0. The highest BCUT2D eigenvalue weighted by Crippen LogP contribution is 2.23. The van der Waals surface area contributed by atoms with Crippen LogP contribution in [0.25, 0.3) is 0 Å². The van der Waals surface area contributed by atoms with Crippen molar-refractivity contribution in [2.24, 2.45) is 10.7 Å². The number of amides is 1. The van der Waals surface area contributed by atoms with Crippen molar-refractivity contribution in [1.82, 2.24) is 0 Å². The van der Waals surface area contributed by atoms with Gasteiger partial charge in [0.2, 0.25) is 5.91 Å². The molecule has 1 amide bonds. The van der Waals surface area contributed by atoms with E-state index in [4.69, 9.17) is 5.73 Å². The molecule has 5 nitrogen and oxygen atoms in total. The van der Waals surface area contributed by atoms with E-state index >= 15 is 0 Å². The van der Waals surface area contributed by atoms with Crippen LogP contribution >= 0.6 is 24.0 Å². The quantitative estimate of drug-likeness (QED) is 0.324. The Balaban J connectivity index is 0.00000225. The van der Waals surface area contributed by atoms with Gasteiger partial charge in [0.15, 0.2) is 5.96 Å². The van der Waals surface area contributed by atoms with Crippen LogP contribution in [0.15, 0.2) is 47.5 Å². The Morgan fingerprint density at radius 1 is 1.20 bits per heavy atom. The van der Waals surface area contributed by atoms with Gasteiger partial charge in [-0.15, -0.1) is 24.0 Å². The fourth-order valence-corrected chi connectivity index (χ4v) is 2.59. The Labute approximate surface area is 165 Å². The first kappa shape index (κ1) is 19.2. The average Bonchev–Trinajstić information content (AvgIpc) is 2.55. The van der Waals surface area contributed by atoms with Crippen molar-refractivity contribution in [2.45, 2.75) is 26.8 Å². The first-order valence-electron chi connectivity index (χ1n) is 8.06. The number of halogens is 1. The van der Waals surface area contributed by atoms with Gasteiger partial charge < -0.3 is 16.0 Å². The number of carbonyl (C=O) groups is 1. The van der Waals surface area contributed by atoms with E-state index in [1.54, 1.807) is 4.90 Å². The lowest BCUT2D eigenvalue weighted by atomic mass is 10.1. The number of rotatable bonds is 4. The third-order valence-corrected chi connectivity index (χ3v) is 4.28. The van der Waals surface area contributed by atoms with E-state index in [1.807, 2.05) is 36.4 Å². The second-order valence-electron chi connectivity index (χ2n) is 6.09. The second-order valence-corrected chi connectivity index (χ2v) is 6.09. The molecule has 1 fully saturated rings. The first-order valence-corrected chi connectivity index (χ1v) is 8.06. The number of β-lactam (4-membered cyclic amide) rings is 1. The fraction of sp³-hybridized carbons (Fsp3) is 0.263. The number of nitrogens with two attached hydrogens (primary N) is 1. The molecule has 0 spiro atoms. The Morgan fingerprint density at radius 2 is 2.00 bits per heavy atom. The van der Waals surface area contributed by atoms with E-state index in [0.717, 1.165) is 23.5 Å². The summed E-state index contributed by atoms with van der Waals surface area (Å²) in [5.41, 5.74) is 11.3. The van der Waals surface area contributed by atoms with E-state index < -0.39 is 0 Å². The number of hydrogen-bond acceptors (Lipinski definition) is 2. The summed E-state index contributed by atoms with van der Waals surface area (Å²) in [6.45, 7) is 5.41. The lowest BCUT2D eigenvalue weighted by molar-refractivity contribution is -0.122. The average molecular weight is 450 g/mol. The SMILES string of the molecule is Cc1ccc(NC(N)=NCc2cccc(N3CCC3=O)c2)cc1C.I. The maximum atomic E-state index is 11.5. The van der Waals surface area contributed by atoms with Crippen LogP contribution in [-0.4, -0.2) is 18.4 Å². The van der Waals surface area contributed by atoms with E-state index in [0.29, 0.717) is 18.9 Å². The third-order valence-electron chi connectivity index (χ3n) is 4.28. The van der Waals surface area contributed by atoms with Crippen LogP contribution in [-0.2, 0) is 11.3 Å². The van der Waals surface area contributed by atoms with Crippen LogP contribution in [0.5, 0.6) is 0 Å². The predicted molar refractivity (Wildman–Crippen MR) is 114 cm³/mol. The lowest BCUT2D eigenvalue weighted by Gasteiger charge is -2.30. The number of aryl methyl sites for hydroxylation is 2. The molecule has 132 valence electrons. The maximum Gasteiger partial charge on any atom is 0.228 e. The van der Waals surface area contributed by atoms with Gasteiger partial charge >= 0.3 is 0 Å². The van der Waals surface area contributed by atoms with Gasteiger partial charge in [-0.1, -0.05) is 18.2 Å². The molecule has 1 aliphatic rings. The molecule has 1 heterocycles. The van der Waals surface area contributed by atoms with Gasteiger partial charge in [-0.25, -0.2) is 4.99 Å². The molecule has 3 N–H and O–H groups in total. The second kappa shape index (κ2) is 8.33. The molecule has 0 saturated carbocycles. The molecule has 0 unspecified atom stereocenters. The summed E-state index contributed by atoms with van der Waals surface area (Å²) in [4.78, 5) is 17.7. The highest BCUT2D eigenvalue weighted by Gasteiger charge is 2.24. The molecule has 25 heavy (non-hydrogen) atoms. The van der Waals surface area contributed by atoms with E-state index in [1.165, 1.54) is 11.1 Å². The zero-order valence-corrected chi connectivity index (χ0v) is 16.8. The van der Waals surface area contributed by atoms with Crippen LogP contribution in [0.3, 0.4) is 0 Å². The molecule has 1 aliphatic heterocycles.